The molecule has 4 heteroatoms. The van der Waals surface area contributed by atoms with Crippen molar-refractivity contribution in [1.29, 1.82) is 5.26 Å². The molecule has 212 valence electrons. The molecular weight excluding hydrogens is 538 g/mol. The number of aromatic nitrogens is 2. The molecule has 0 amide bonds. The third kappa shape index (κ3) is 4.64. The zero-order valence-electron chi connectivity index (χ0n) is 25.0. The highest BCUT2D eigenvalue weighted by atomic mass is 16.5. The van der Waals surface area contributed by atoms with Gasteiger partial charge in [-0.05, 0) is 41.8 Å². The van der Waals surface area contributed by atoms with Gasteiger partial charge >= 0.3 is 0 Å². The molecule has 0 radical (unpaired) electrons. The number of hydrogen-bond acceptors (Lipinski definition) is 4. The molecule has 0 unspecified atom stereocenters. The average molecular weight is 570 g/mol. The van der Waals surface area contributed by atoms with Crippen LogP contribution in [0.2, 0.25) is 0 Å². The van der Waals surface area contributed by atoms with Crippen molar-refractivity contribution in [3.8, 4) is 62.6 Å². The summed E-state index contributed by atoms with van der Waals surface area (Å²) < 4.78 is 6.49. The van der Waals surface area contributed by atoms with Gasteiger partial charge in [0, 0.05) is 38.8 Å². The molecule has 2 heterocycles. The topological polar surface area (TPSA) is 58.8 Å². The van der Waals surface area contributed by atoms with E-state index in [9.17, 15) is 5.26 Å². The van der Waals surface area contributed by atoms with Crippen molar-refractivity contribution < 1.29 is 4.74 Å². The van der Waals surface area contributed by atoms with E-state index in [0.29, 0.717) is 11.4 Å². The predicted octanol–water partition coefficient (Wildman–Crippen LogP) is 10.0. The van der Waals surface area contributed by atoms with Crippen LogP contribution in [0, 0.1) is 11.3 Å². The second-order valence-corrected chi connectivity index (χ2v) is 11.6. The highest BCUT2D eigenvalue weighted by Crippen LogP contribution is 2.50. The van der Waals surface area contributed by atoms with Crippen LogP contribution in [0.25, 0.3) is 45.0 Å². The SMILES string of the molecule is CCc1c(-c2cccc(-c3ccccc3)c2)nc(-c2ccccc2)nc1-c1ccc2c(c1)Oc1cccc(C#N)c1C2(C)C. The van der Waals surface area contributed by atoms with E-state index in [1.165, 1.54) is 5.56 Å². The summed E-state index contributed by atoms with van der Waals surface area (Å²) in [5, 5.41) is 9.83. The molecule has 0 saturated carbocycles. The Balaban J connectivity index is 1.42. The van der Waals surface area contributed by atoms with Crippen molar-refractivity contribution >= 4 is 0 Å². The van der Waals surface area contributed by atoms with Gasteiger partial charge in [0.1, 0.15) is 11.5 Å². The van der Waals surface area contributed by atoms with Crippen LogP contribution in [0.4, 0.5) is 0 Å². The summed E-state index contributed by atoms with van der Waals surface area (Å²) in [5.74, 6) is 2.19. The van der Waals surface area contributed by atoms with Crippen molar-refractivity contribution in [2.24, 2.45) is 0 Å². The minimum Gasteiger partial charge on any atom is -0.457 e. The average Bonchev–Trinajstić information content (AvgIpc) is 3.08. The maximum absolute atomic E-state index is 9.83. The fourth-order valence-electron chi connectivity index (χ4n) is 6.37. The minimum absolute atomic E-state index is 0.398. The number of rotatable bonds is 5. The lowest BCUT2D eigenvalue weighted by molar-refractivity contribution is 0.417. The Kier molecular flexibility index (Phi) is 6.80. The fourth-order valence-corrected chi connectivity index (χ4v) is 6.37. The molecule has 0 spiro atoms. The molecule has 0 fully saturated rings. The summed E-state index contributed by atoms with van der Waals surface area (Å²) >= 11 is 0. The van der Waals surface area contributed by atoms with Crippen molar-refractivity contribution in [2.75, 3.05) is 0 Å². The van der Waals surface area contributed by atoms with E-state index in [1.807, 2.05) is 42.5 Å². The molecule has 1 aromatic heterocycles. The van der Waals surface area contributed by atoms with Crippen molar-refractivity contribution in [3.63, 3.8) is 0 Å². The molecule has 0 atom stereocenters. The van der Waals surface area contributed by atoms with E-state index in [2.05, 4.69) is 106 Å². The number of nitrogens with zero attached hydrogens (tertiary/aromatic N) is 3. The van der Waals surface area contributed by atoms with Crippen LogP contribution in [0.15, 0.2) is 121 Å². The van der Waals surface area contributed by atoms with Gasteiger partial charge in [0.05, 0.1) is 23.0 Å². The molecule has 7 rings (SSSR count). The number of nitriles is 1. The predicted molar refractivity (Wildman–Crippen MR) is 177 cm³/mol. The quantitative estimate of drug-likeness (QED) is 0.207. The number of hydrogen-bond donors (Lipinski definition) is 0. The molecule has 0 saturated heterocycles. The van der Waals surface area contributed by atoms with Crippen molar-refractivity contribution in [3.05, 3.63) is 144 Å². The van der Waals surface area contributed by atoms with Gasteiger partial charge in [0.15, 0.2) is 5.82 Å². The van der Waals surface area contributed by atoms with E-state index in [0.717, 1.165) is 68.3 Å². The lowest BCUT2D eigenvalue weighted by Crippen LogP contribution is -2.25. The van der Waals surface area contributed by atoms with E-state index >= 15 is 0 Å². The third-order valence-corrected chi connectivity index (χ3v) is 8.56. The number of ether oxygens (including phenoxy) is 1. The normalized spacial score (nSPS) is 12.9. The van der Waals surface area contributed by atoms with Gasteiger partial charge in [0.2, 0.25) is 0 Å². The van der Waals surface area contributed by atoms with E-state index in [-0.39, 0.29) is 0 Å². The molecule has 6 aromatic rings. The number of fused-ring (bicyclic) bond motifs is 2. The molecule has 1 aliphatic heterocycles. The molecule has 5 aromatic carbocycles. The Morgan fingerprint density at radius 3 is 1.93 bits per heavy atom. The zero-order chi connectivity index (χ0) is 30.3. The summed E-state index contributed by atoms with van der Waals surface area (Å²) in [6.45, 7) is 6.47. The van der Waals surface area contributed by atoms with E-state index < -0.39 is 5.41 Å². The molecule has 44 heavy (non-hydrogen) atoms. The van der Waals surface area contributed by atoms with Crippen LogP contribution in [-0.2, 0) is 11.8 Å². The second kappa shape index (κ2) is 10.9. The summed E-state index contributed by atoms with van der Waals surface area (Å²) in [4.78, 5) is 10.4. The van der Waals surface area contributed by atoms with Gasteiger partial charge in [-0.2, -0.15) is 5.26 Å². The first-order valence-electron chi connectivity index (χ1n) is 15.0. The molecule has 0 aliphatic carbocycles. The van der Waals surface area contributed by atoms with Gasteiger partial charge in [-0.3, -0.25) is 0 Å². The molecule has 4 nitrogen and oxygen atoms in total. The fraction of sp³-hybridized carbons (Fsp3) is 0.125. The molecule has 0 N–H and O–H groups in total. The zero-order valence-corrected chi connectivity index (χ0v) is 25.0. The Labute approximate surface area is 258 Å². The summed E-state index contributed by atoms with van der Waals surface area (Å²) in [6, 6.07) is 43.6. The maximum atomic E-state index is 9.83. The lowest BCUT2D eigenvalue weighted by atomic mass is 9.73. The first kappa shape index (κ1) is 27.3. The monoisotopic (exact) mass is 569 g/mol. The largest absolute Gasteiger partial charge is 0.457 e. The maximum Gasteiger partial charge on any atom is 0.160 e. The standard InChI is InChI=1S/C40H31N3O/c1-4-32-37(29-18-11-17-28(23-29)26-13-7-5-8-14-26)42-39(27-15-9-6-10-16-27)43-38(32)30-21-22-33-35(24-30)44-34-20-12-19-31(25-41)36(34)40(33,2)3/h5-24H,4H2,1-3H3. The molecule has 0 bridgehead atoms. The van der Waals surface area contributed by atoms with Crippen LogP contribution in [0.3, 0.4) is 0 Å². The van der Waals surface area contributed by atoms with E-state index in [1.54, 1.807) is 0 Å². The van der Waals surface area contributed by atoms with Crippen LogP contribution in [0.1, 0.15) is 43.0 Å². The Morgan fingerprint density at radius 2 is 1.25 bits per heavy atom. The van der Waals surface area contributed by atoms with Crippen molar-refractivity contribution in [1.82, 2.24) is 9.97 Å². The van der Waals surface area contributed by atoms with Gasteiger partial charge in [-0.15, -0.1) is 0 Å². The summed E-state index contributed by atoms with van der Waals surface area (Å²) in [7, 11) is 0. The highest BCUT2D eigenvalue weighted by molar-refractivity contribution is 5.80. The Bertz CT molecular complexity index is 2060. The summed E-state index contributed by atoms with van der Waals surface area (Å²) in [6.07, 6.45) is 0.757. The summed E-state index contributed by atoms with van der Waals surface area (Å²) in [5.41, 5.74) is 10.4. The first-order valence-corrected chi connectivity index (χ1v) is 15.0. The number of benzene rings is 5. The minimum atomic E-state index is -0.398. The second-order valence-electron chi connectivity index (χ2n) is 11.6. The first-order chi connectivity index (χ1) is 21.5. The Morgan fingerprint density at radius 1 is 0.636 bits per heavy atom. The molecule has 1 aliphatic rings. The van der Waals surface area contributed by atoms with Gasteiger partial charge in [0.25, 0.3) is 0 Å². The van der Waals surface area contributed by atoms with Gasteiger partial charge in [-0.1, -0.05) is 118 Å². The smallest absolute Gasteiger partial charge is 0.160 e. The van der Waals surface area contributed by atoms with Crippen LogP contribution < -0.4 is 4.74 Å². The van der Waals surface area contributed by atoms with Crippen molar-refractivity contribution in [2.45, 2.75) is 32.6 Å². The van der Waals surface area contributed by atoms with E-state index in [4.69, 9.17) is 14.7 Å². The third-order valence-electron chi connectivity index (χ3n) is 8.56. The van der Waals surface area contributed by atoms with Crippen LogP contribution in [0.5, 0.6) is 11.5 Å². The highest BCUT2D eigenvalue weighted by Gasteiger charge is 2.36. The lowest BCUT2D eigenvalue weighted by Gasteiger charge is -2.35. The Hall–Kier alpha value is -5.53. The van der Waals surface area contributed by atoms with Crippen LogP contribution in [-0.4, -0.2) is 9.97 Å². The van der Waals surface area contributed by atoms with Gasteiger partial charge < -0.3 is 4.74 Å². The molecular formula is C40H31N3O. The van der Waals surface area contributed by atoms with Crippen LogP contribution >= 0.6 is 0 Å². The van der Waals surface area contributed by atoms with Gasteiger partial charge in [-0.25, -0.2) is 9.97 Å².